The average Bonchev–Trinajstić information content (AvgIpc) is 2.42. The molecule has 0 bridgehead atoms. The van der Waals surface area contributed by atoms with E-state index < -0.39 is 0 Å². The molecule has 0 radical (unpaired) electrons. The van der Waals surface area contributed by atoms with E-state index >= 15 is 0 Å². The van der Waals surface area contributed by atoms with Crippen LogP contribution in [0.2, 0.25) is 0 Å². The van der Waals surface area contributed by atoms with E-state index in [1.807, 2.05) is 0 Å². The zero-order valence-electron chi connectivity index (χ0n) is 8.42. The summed E-state index contributed by atoms with van der Waals surface area (Å²) in [6.45, 7) is 1.98. The molecule has 2 N–H and O–H groups in total. The van der Waals surface area contributed by atoms with E-state index in [-0.39, 0.29) is 0 Å². The van der Waals surface area contributed by atoms with Crippen molar-refractivity contribution >= 4 is 0 Å². The first-order valence-corrected chi connectivity index (χ1v) is 4.99. The van der Waals surface area contributed by atoms with Gasteiger partial charge in [0.2, 0.25) is 0 Å². The van der Waals surface area contributed by atoms with Crippen molar-refractivity contribution in [2.75, 3.05) is 13.7 Å². The lowest BCUT2D eigenvalue weighted by atomic mass is 10.0. The maximum Gasteiger partial charge on any atom is 0.0586 e. The summed E-state index contributed by atoms with van der Waals surface area (Å²) in [4.78, 5) is 5.02. The standard InChI is InChI=1S/C11H16N2O/c1-14-13-11-6-7-12-8-9-4-2-3-5-10(9)11/h2-5,11-13H,6-8H2,1H3. The predicted octanol–water partition coefficient (Wildman–Crippen LogP) is 1.37. The van der Waals surface area contributed by atoms with E-state index in [9.17, 15) is 0 Å². The normalized spacial score (nSPS) is 21.4. The van der Waals surface area contributed by atoms with Crippen molar-refractivity contribution in [1.29, 1.82) is 0 Å². The van der Waals surface area contributed by atoms with Crippen molar-refractivity contribution in [3.05, 3.63) is 35.4 Å². The van der Waals surface area contributed by atoms with E-state index in [0.29, 0.717) is 6.04 Å². The van der Waals surface area contributed by atoms with E-state index in [1.165, 1.54) is 11.1 Å². The summed E-state index contributed by atoms with van der Waals surface area (Å²) in [7, 11) is 1.67. The van der Waals surface area contributed by atoms with Crippen molar-refractivity contribution in [2.45, 2.75) is 19.0 Å². The van der Waals surface area contributed by atoms with E-state index in [2.05, 4.69) is 35.1 Å². The van der Waals surface area contributed by atoms with Gasteiger partial charge in [0, 0.05) is 6.54 Å². The number of hydroxylamine groups is 1. The van der Waals surface area contributed by atoms with Crippen molar-refractivity contribution < 1.29 is 4.84 Å². The molecule has 3 nitrogen and oxygen atoms in total. The van der Waals surface area contributed by atoms with E-state index in [0.717, 1.165) is 19.5 Å². The highest BCUT2D eigenvalue weighted by atomic mass is 16.6. The molecule has 1 aromatic carbocycles. The van der Waals surface area contributed by atoms with Crippen molar-refractivity contribution in [3.63, 3.8) is 0 Å². The largest absolute Gasteiger partial charge is 0.313 e. The third-order valence-electron chi connectivity index (χ3n) is 2.62. The topological polar surface area (TPSA) is 33.3 Å². The van der Waals surface area contributed by atoms with Gasteiger partial charge in [0.05, 0.1) is 13.2 Å². The Bertz CT molecular complexity index is 301. The second-order valence-electron chi connectivity index (χ2n) is 3.54. The summed E-state index contributed by atoms with van der Waals surface area (Å²) in [5.74, 6) is 0. The fraction of sp³-hybridized carbons (Fsp3) is 0.455. The Balaban J connectivity index is 2.27. The van der Waals surface area contributed by atoms with Gasteiger partial charge in [-0.2, -0.15) is 5.48 Å². The molecule has 0 spiro atoms. The summed E-state index contributed by atoms with van der Waals surface area (Å²) >= 11 is 0. The molecular weight excluding hydrogens is 176 g/mol. The van der Waals surface area contributed by atoms with Crippen LogP contribution < -0.4 is 10.8 Å². The lowest BCUT2D eigenvalue weighted by Crippen LogP contribution is -2.21. The summed E-state index contributed by atoms with van der Waals surface area (Å²) in [6.07, 6.45) is 1.06. The molecule has 0 aromatic heterocycles. The van der Waals surface area contributed by atoms with Gasteiger partial charge in [-0.3, -0.25) is 0 Å². The van der Waals surface area contributed by atoms with Crippen molar-refractivity contribution in [1.82, 2.24) is 10.8 Å². The number of hydrogen-bond donors (Lipinski definition) is 2. The Kier molecular flexibility index (Phi) is 3.14. The Hall–Kier alpha value is -0.900. The molecule has 0 saturated carbocycles. The molecule has 0 fully saturated rings. The molecule has 3 heteroatoms. The molecule has 1 aliphatic heterocycles. The lowest BCUT2D eigenvalue weighted by Gasteiger charge is -2.16. The van der Waals surface area contributed by atoms with Gasteiger partial charge in [-0.15, -0.1) is 0 Å². The molecule has 1 aliphatic rings. The molecule has 0 saturated heterocycles. The van der Waals surface area contributed by atoms with Crippen LogP contribution in [0.25, 0.3) is 0 Å². The van der Waals surface area contributed by atoms with Crippen LogP contribution in [0.3, 0.4) is 0 Å². The summed E-state index contributed by atoms with van der Waals surface area (Å²) in [5, 5.41) is 3.40. The van der Waals surface area contributed by atoms with Crippen LogP contribution in [0.15, 0.2) is 24.3 Å². The second-order valence-corrected chi connectivity index (χ2v) is 3.54. The van der Waals surface area contributed by atoms with Gasteiger partial charge < -0.3 is 10.2 Å². The van der Waals surface area contributed by atoms with Gasteiger partial charge in [-0.05, 0) is 24.1 Å². The van der Waals surface area contributed by atoms with Gasteiger partial charge >= 0.3 is 0 Å². The zero-order chi connectivity index (χ0) is 9.80. The average molecular weight is 192 g/mol. The van der Waals surface area contributed by atoms with Gasteiger partial charge in [-0.1, -0.05) is 24.3 Å². The van der Waals surface area contributed by atoms with Crippen LogP contribution in [0, 0.1) is 0 Å². The first-order chi connectivity index (χ1) is 6.92. The van der Waals surface area contributed by atoms with Crippen LogP contribution in [0.1, 0.15) is 23.6 Å². The molecule has 1 aromatic rings. The number of benzene rings is 1. The number of hydrogen-bond acceptors (Lipinski definition) is 3. The highest BCUT2D eigenvalue weighted by molar-refractivity contribution is 5.30. The molecule has 1 heterocycles. The van der Waals surface area contributed by atoms with Crippen molar-refractivity contribution in [3.8, 4) is 0 Å². The van der Waals surface area contributed by atoms with Gasteiger partial charge in [0.15, 0.2) is 0 Å². The van der Waals surface area contributed by atoms with Crippen LogP contribution in [-0.2, 0) is 11.4 Å². The molecule has 0 amide bonds. The summed E-state index contributed by atoms with van der Waals surface area (Å²) in [6, 6.07) is 8.80. The number of nitrogens with one attached hydrogen (secondary N) is 2. The molecule has 2 rings (SSSR count). The number of fused-ring (bicyclic) bond motifs is 1. The SMILES string of the molecule is CONC1CCNCc2ccccc21. The monoisotopic (exact) mass is 192 g/mol. The Morgan fingerprint density at radius 2 is 2.29 bits per heavy atom. The third-order valence-corrected chi connectivity index (χ3v) is 2.62. The Morgan fingerprint density at radius 1 is 1.43 bits per heavy atom. The fourth-order valence-electron chi connectivity index (χ4n) is 1.92. The van der Waals surface area contributed by atoms with Crippen LogP contribution in [0.5, 0.6) is 0 Å². The van der Waals surface area contributed by atoms with Gasteiger partial charge in [-0.25, -0.2) is 0 Å². The minimum Gasteiger partial charge on any atom is -0.313 e. The van der Waals surface area contributed by atoms with E-state index in [4.69, 9.17) is 4.84 Å². The highest BCUT2D eigenvalue weighted by Crippen LogP contribution is 2.22. The fourth-order valence-corrected chi connectivity index (χ4v) is 1.92. The minimum atomic E-state index is 0.311. The molecule has 1 atom stereocenters. The smallest absolute Gasteiger partial charge is 0.0586 e. The molecule has 14 heavy (non-hydrogen) atoms. The molecule has 1 unspecified atom stereocenters. The highest BCUT2D eigenvalue weighted by Gasteiger charge is 2.16. The minimum absolute atomic E-state index is 0.311. The Labute approximate surface area is 84.4 Å². The van der Waals surface area contributed by atoms with Crippen LogP contribution in [-0.4, -0.2) is 13.7 Å². The maximum absolute atomic E-state index is 5.02. The summed E-state index contributed by atoms with van der Waals surface area (Å²) < 4.78 is 0. The van der Waals surface area contributed by atoms with Crippen LogP contribution >= 0.6 is 0 Å². The first-order valence-electron chi connectivity index (χ1n) is 4.99. The second kappa shape index (κ2) is 4.55. The lowest BCUT2D eigenvalue weighted by molar-refractivity contribution is 0.0585. The third kappa shape index (κ3) is 1.95. The molecule has 76 valence electrons. The zero-order valence-corrected chi connectivity index (χ0v) is 8.42. The predicted molar refractivity (Wildman–Crippen MR) is 55.7 cm³/mol. The molecular formula is C11H16N2O. The quantitative estimate of drug-likeness (QED) is 0.694. The maximum atomic E-state index is 5.02. The van der Waals surface area contributed by atoms with E-state index in [1.54, 1.807) is 7.11 Å². The van der Waals surface area contributed by atoms with Crippen molar-refractivity contribution in [2.24, 2.45) is 0 Å². The van der Waals surface area contributed by atoms with Gasteiger partial charge in [0.25, 0.3) is 0 Å². The summed E-state index contributed by atoms with van der Waals surface area (Å²) in [5.41, 5.74) is 5.75. The Morgan fingerprint density at radius 3 is 3.14 bits per heavy atom. The number of rotatable bonds is 2. The first kappa shape index (κ1) is 9.65. The van der Waals surface area contributed by atoms with Gasteiger partial charge in [0.1, 0.15) is 0 Å². The van der Waals surface area contributed by atoms with Crippen LogP contribution in [0.4, 0.5) is 0 Å². The molecule has 0 aliphatic carbocycles.